The zero-order valence-corrected chi connectivity index (χ0v) is 13.6. The van der Waals surface area contributed by atoms with Gasteiger partial charge in [-0.2, -0.15) is 0 Å². The van der Waals surface area contributed by atoms with Gasteiger partial charge in [0.25, 0.3) is 0 Å². The number of carbonyl (C=O) groups excluding carboxylic acids is 1. The first kappa shape index (κ1) is 19.8. The molecule has 1 heterocycles. The largest absolute Gasteiger partial charge is 0.374 e. The second-order valence-corrected chi connectivity index (χ2v) is 3.61. The summed E-state index contributed by atoms with van der Waals surface area (Å²) in [6.07, 6.45) is 1.21. The van der Waals surface area contributed by atoms with Gasteiger partial charge in [0.15, 0.2) is 0 Å². The van der Waals surface area contributed by atoms with Crippen LogP contribution in [-0.2, 0) is 11.2 Å². The molecule has 0 saturated carbocycles. The predicted molar refractivity (Wildman–Crippen MR) is 85.9 cm³/mol. The highest BCUT2D eigenvalue weighted by molar-refractivity contribution is 5.72. The molecule has 1 aliphatic heterocycles. The van der Waals surface area contributed by atoms with Gasteiger partial charge in [-0.05, 0) is 18.1 Å². The fourth-order valence-corrected chi connectivity index (χ4v) is 1.50. The molecule has 1 amide bonds. The molecule has 3 nitrogen and oxygen atoms in total. The Hall–Kier alpha value is -1.51. The van der Waals surface area contributed by atoms with Crippen molar-refractivity contribution >= 4 is 11.6 Å². The van der Waals surface area contributed by atoms with E-state index in [1.807, 2.05) is 27.7 Å². The van der Waals surface area contributed by atoms with Gasteiger partial charge in [0.1, 0.15) is 0 Å². The van der Waals surface area contributed by atoms with Crippen LogP contribution in [0.4, 0.5) is 5.69 Å². The van der Waals surface area contributed by atoms with Gasteiger partial charge in [-0.1, -0.05) is 45.9 Å². The van der Waals surface area contributed by atoms with Crippen molar-refractivity contribution in [1.29, 1.82) is 0 Å². The summed E-state index contributed by atoms with van der Waals surface area (Å²) >= 11 is 0. The van der Waals surface area contributed by atoms with Crippen LogP contribution in [0.1, 0.15) is 40.2 Å². The molecule has 1 N–H and O–H groups in total. The maximum atomic E-state index is 9.70. The molecule has 1 aromatic carbocycles. The van der Waals surface area contributed by atoms with Gasteiger partial charge < -0.3 is 10.2 Å². The Balaban J connectivity index is 0. The number of hydrogen-bond donors (Lipinski definition) is 1. The Kier molecular flexibility index (Phi) is 13.5. The van der Waals surface area contributed by atoms with Crippen molar-refractivity contribution in [3.05, 3.63) is 29.8 Å². The Morgan fingerprint density at radius 1 is 1.16 bits per heavy atom. The van der Waals surface area contributed by atoms with E-state index in [1.165, 1.54) is 31.1 Å². The molecule has 0 aliphatic carbocycles. The van der Waals surface area contributed by atoms with Crippen molar-refractivity contribution in [3.63, 3.8) is 0 Å². The van der Waals surface area contributed by atoms with E-state index < -0.39 is 0 Å². The summed E-state index contributed by atoms with van der Waals surface area (Å²) in [5.41, 5.74) is 2.90. The first-order chi connectivity index (χ1) is 9.15. The number of likely N-dealkylation sites (N-methyl/N-ethyl adjacent to an activating group) is 1. The smallest absolute Gasteiger partial charge is 0.216 e. The molecule has 19 heavy (non-hydrogen) atoms. The van der Waals surface area contributed by atoms with Crippen molar-refractivity contribution in [2.75, 3.05) is 25.5 Å². The maximum absolute atomic E-state index is 9.70. The Morgan fingerprint density at radius 3 is 2.05 bits per heavy atom. The highest BCUT2D eigenvalue weighted by atomic mass is 16.1. The lowest BCUT2D eigenvalue weighted by Crippen LogP contribution is -2.12. The van der Waals surface area contributed by atoms with Crippen molar-refractivity contribution in [2.24, 2.45) is 0 Å². The lowest BCUT2D eigenvalue weighted by atomic mass is 10.2. The number of nitrogens with zero attached hydrogens (tertiary/aromatic N) is 1. The molecule has 0 bridgehead atoms. The second kappa shape index (κ2) is 12.9. The van der Waals surface area contributed by atoms with E-state index in [4.69, 9.17) is 0 Å². The summed E-state index contributed by atoms with van der Waals surface area (Å²) in [5, 5.41) is 2.39. The summed E-state index contributed by atoms with van der Waals surface area (Å²) in [7, 11) is 3.74. The van der Waals surface area contributed by atoms with Gasteiger partial charge in [-0.3, -0.25) is 4.79 Å². The van der Waals surface area contributed by atoms with Crippen molar-refractivity contribution in [2.45, 2.75) is 41.0 Å². The minimum Gasteiger partial charge on any atom is -0.374 e. The molecule has 110 valence electrons. The molecule has 0 aromatic heterocycles. The molecular weight excluding hydrogens is 236 g/mol. The third kappa shape index (κ3) is 8.25. The lowest BCUT2D eigenvalue weighted by Gasteiger charge is -2.10. The number of nitrogens with one attached hydrogen (secondary N) is 1. The number of anilines is 1. The van der Waals surface area contributed by atoms with E-state index in [-0.39, 0.29) is 5.91 Å². The molecule has 1 aromatic rings. The molecule has 0 saturated heterocycles. The number of fused-ring (bicyclic) bond motifs is 1. The molecule has 0 unspecified atom stereocenters. The minimum absolute atomic E-state index is 0.00463. The van der Waals surface area contributed by atoms with Crippen LogP contribution in [0.15, 0.2) is 24.3 Å². The van der Waals surface area contributed by atoms with Crippen LogP contribution in [-0.4, -0.2) is 26.5 Å². The molecule has 1 aliphatic rings. The average Bonchev–Trinajstić information content (AvgIpc) is 2.86. The molecule has 0 radical (unpaired) electrons. The van der Waals surface area contributed by atoms with Gasteiger partial charge >= 0.3 is 0 Å². The van der Waals surface area contributed by atoms with Gasteiger partial charge in [-0.25, -0.2) is 0 Å². The fraction of sp³-hybridized carbons (Fsp3) is 0.562. The average molecular weight is 266 g/mol. The lowest BCUT2D eigenvalue weighted by molar-refractivity contribution is -0.118. The van der Waals surface area contributed by atoms with Crippen LogP contribution in [0.2, 0.25) is 0 Å². The Labute approximate surface area is 119 Å². The molecular formula is C16H30N2O. The van der Waals surface area contributed by atoms with Crippen LogP contribution >= 0.6 is 0 Å². The zero-order chi connectivity index (χ0) is 15.3. The van der Waals surface area contributed by atoms with Gasteiger partial charge in [0, 0.05) is 33.3 Å². The van der Waals surface area contributed by atoms with E-state index in [0.29, 0.717) is 0 Å². The Bertz CT molecular complexity index is 337. The number of hydrogen-bond acceptors (Lipinski definition) is 2. The van der Waals surface area contributed by atoms with Crippen LogP contribution in [0.25, 0.3) is 0 Å². The quantitative estimate of drug-likeness (QED) is 0.779. The summed E-state index contributed by atoms with van der Waals surface area (Å²) < 4.78 is 0. The van der Waals surface area contributed by atoms with Gasteiger partial charge in [0.05, 0.1) is 0 Å². The molecule has 0 spiro atoms. The second-order valence-electron chi connectivity index (χ2n) is 3.61. The zero-order valence-electron chi connectivity index (χ0n) is 13.6. The first-order valence-corrected chi connectivity index (χ1v) is 7.12. The number of benzene rings is 1. The summed E-state index contributed by atoms with van der Waals surface area (Å²) in [4.78, 5) is 12.0. The van der Waals surface area contributed by atoms with Crippen molar-refractivity contribution in [3.8, 4) is 0 Å². The maximum Gasteiger partial charge on any atom is 0.216 e. The molecule has 2 rings (SSSR count). The first-order valence-electron chi connectivity index (χ1n) is 7.12. The normalized spacial score (nSPS) is 10.6. The van der Waals surface area contributed by atoms with Gasteiger partial charge in [-0.15, -0.1) is 0 Å². The number of amides is 1. The van der Waals surface area contributed by atoms with Crippen LogP contribution in [0.3, 0.4) is 0 Å². The molecule has 0 atom stereocenters. The van der Waals surface area contributed by atoms with E-state index in [1.54, 1.807) is 7.05 Å². The highest BCUT2D eigenvalue weighted by Gasteiger charge is 2.12. The third-order valence-corrected chi connectivity index (χ3v) is 2.47. The third-order valence-electron chi connectivity index (χ3n) is 2.47. The topological polar surface area (TPSA) is 32.3 Å². The van der Waals surface area contributed by atoms with E-state index >= 15 is 0 Å². The molecule has 3 heteroatoms. The van der Waals surface area contributed by atoms with Crippen LogP contribution < -0.4 is 10.2 Å². The molecule has 0 fully saturated rings. The van der Waals surface area contributed by atoms with Crippen molar-refractivity contribution < 1.29 is 4.79 Å². The SMILES string of the molecule is CC.CC.CN1CCc2ccccc21.CNC(C)=O. The standard InChI is InChI=1S/C9H11N.C3H7NO.2C2H6/c1-10-7-6-8-4-2-3-5-9(8)10;1-3(5)4-2;2*1-2/h2-5H,6-7H2,1H3;1-2H3,(H,4,5);2*1-2H3. The number of para-hydroxylation sites is 1. The summed E-state index contributed by atoms with van der Waals surface area (Å²) in [6.45, 7) is 10.7. The highest BCUT2D eigenvalue weighted by Crippen LogP contribution is 2.25. The van der Waals surface area contributed by atoms with Crippen LogP contribution in [0.5, 0.6) is 0 Å². The van der Waals surface area contributed by atoms with E-state index in [9.17, 15) is 4.79 Å². The Morgan fingerprint density at radius 2 is 1.63 bits per heavy atom. The number of rotatable bonds is 0. The predicted octanol–water partition coefficient (Wildman–Crippen LogP) is 3.48. The fourth-order valence-electron chi connectivity index (χ4n) is 1.50. The minimum atomic E-state index is 0.00463. The number of carbonyl (C=O) groups is 1. The van der Waals surface area contributed by atoms with Crippen LogP contribution in [0, 0.1) is 0 Å². The summed E-state index contributed by atoms with van der Waals surface area (Å²) in [5.74, 6) is 0.00463. The van der Waals surface area contributed by atoms with Crippen molar-refractivity contribution in [1.82, 2.24) is 5.32 Å². The van der Waals surface area contributed by atoms with E-state index in [0.717, 1.165) is 0 Å². The van der Waals surface area contributed by atoms with Gasteiger partial charge in [0.2, 0.25) is 5.91 Å². The van der Waals surface area contributed by atoms with E-state index in [2.05, 4.69) is 41.5 Å². The monoisotopic (exact) mass is 266 g/mol. The summed E-state index contributed by atoms with van der Waals surface area (Å²) in [6, 6.07) is 8.60.